The van der Waals surface area contributed by atoms with Crippen LogP contribution in [0.1, 0.15) is 18.4 Å². The smallest absolute Gasteiger partial charge is 0.269 e. The molecule has 0 aromatic carbocycles. The van der Waals surface area contributed by atoms with Crippen LogP contribution in [0.15, 0.2) is 33.7 Å². The number of aromatic nitrogens is 1. The molecule has 1 atom stereocenters. The molecule has 0 radical (unpaired) electrons. The Kier molecular flexibility index (Phi) is 3.21. The van der Waals surface area contributed by atoms with Gasteiger partial charge in [-0.3, -0.25) is 4.79 Å². The summed E-state index contributed by atoms with van der Waals surface area (Å²) in [4.78, 5) is 16.2. The fraction of sp³-hybridized carbons (Fsp3) is 0.286. The predicted molar refractivity (Wildman–Crippen MR) is 80.2 cm³/mol. The molecule has 8 heteroatoms. The zero-order chi connectivity index (χ0) is 16.1. The summed E-state index contributed by atoms with van der Waals surface area (Å²) >= 11 is 0. The van der Waals surface area contributed by atoms with Gasteiger partial charge < -0.3 is 9.73 Å². The maximum atomic E-state index is 13.0. The summed E-state index contributed by atoms with van der Waals surface area (Å²) in [5.74, 6) is 0.578. The third-order valence-electron chi connectivity index (χ3n) is 3.52. The lowest BCUT2D eigenvalue weighted by molar-refractivity contribution is -0.117. The number of carbonyl (C=O) groups is 1. The van der Waals surface area contributed by atoms with Gasteiger partial charge in [-0.05, 0) is 32.9 Å². The molecule has 2 aromatic rings. The van der Waals surface area contributed by atoms with Crippen LogP contribution in [-0.4, -0.2) is 25.4 Å². The van der Waals surface area contributed by atoms with Gasteiger partial charge in [-0.25, -0.2) is 17.7 Å². The summed E-state index contributed by atoms with van der Waals surface area (Å²) in [7, 11) is -3.95. The number of nitrogens with one attached hydrogen (secondary N) is 1. The van der Waals surface area contributed by atoms with Crippen molar-refractivity contribution in [2.45, 2.75) is 31.7 Å². The first-order valence-electron chi connectivity index (χ1n) is 6.69. The lowest BCUT2D eigenvalue weighted by Gasteiger charge is -2.33. The molecule has 0 spiro atoms. The van der Waals surface area contributed by atoms with Crippen molar-refractivity contribution in [3.05, 3.63) is 35.9 Å². The van der Waals surface area contributed by atoms with E-state index in [4.69, 9.17) is 4.42 Å². The van der Waals surface area contributed by atoms with E-state index in [1.807, 2.05) is 0 Å². The highest BCUT2D eigenvalue weighted by atomic mass is 32.2. The second-order valence-corrected chi connectivity index (χ2v) is 6.90. The summed E-state index contributed by atoms with van der Waals surface area (Å²) in [6, 6.07) is 3.80. The summed E-state index contributed by atoms with van der Waals surface area (Å²) in [6.45, 7) is 4.77. The number of rotatable bonds is 2. The Morgan fingerprint density at radius 3 is 2.73 bits per heavy atom. The zero-order valence-electron chi connectivity index (χ0n) is 12.3. The summed E-state index contributed by atoms with van der Waals surface area (Å²) in [5, 5.41) is 2.65. The standard InChI is InChI=1S/C14H15N3O4S/c1-8-7-12(10(3)21-8)22(19,20)17-9(2)14(18)16-11-5-4-6-15-13(11)17/h4-7,9H,1-3H3,(H,16,18)/t9-/m1/s1. The summed E-state index contributed by atoms with van der Waals surface area (Å²) in [6.07, 6.45) is 1.49. The van der Waals surface area contributed by atoms with E-state index in [0.29, 0.717) is 11.4 Å². The molecule has 0 fully saturated rings. The van der Waals surface area contributed by atoms with Gasteiger partial charge in [0, 0.05) is 12.3 Å². The summed E-state index contributed by atoms with van der Waals surface area (Å²) in [5.41, 5.74) is 0.368. The quantitative estimate of drug-likeness (QED) is 0.911. The van der Waals surface area contributed by atoms with Gasteiger partial charge in [-0.1, -0.05) is 0 Å². The minimum absolute atomic E-state index is 0.0446. The van der Waals surface area contributed by atoms with Crippen molar-refractivity contribution in [1.82, 2.24) is 4.98 Å². The first-order valence-corrected chi connectivity index (χ1v) is 8.13. The van der Waals surface area contributed by atoms with Crippen LogP contribution >= 0.6 is 0 Å². The molecule has 2 aromatic heterocycles. The maximum Gasteiger partial charge on any atom is 0.269 e. The third-order valence-corrected chi connectivity index (χ3v) is 5.48. The Morgan fingerprint density at radius 1 is 1.36 bits per heavy atom. The average Bonchev–Trinajstić information content (AvgIpc) is 2.79. The number of hydrogen-bond acceptors (Lipinski definition) is 5. The van der Waals surface area contributed by atoms with E-state index in [1.54, 1.807) is 26.0 Å². The van der Waals surface area contributed by atoms with Gasteiger partial charge in [-0.2, -0.15) is 0 Å². The van der Waals surface area contributed by atoms with Gasteiger partial charge in [0.1, 0.15) is 22.5 Å². The second-order valence-electron chi connectivity index (χ2n) is 5.12. The van der Waals surface area contributed by atoms with Crippen LogP contribution in [0.2, 0.25) is 0 Å². The monoisotopic (exact) mass is 321 g/mol. The second kappa shape index (κ2) is 4.84. The normalized spacial score (nSPS) is 18.0. The van der Waals surface area contributed by atoms with Crippen molar-refractivity contribution in [3.8, 4) is 0 Å². The van der Waals surface area contributed by atoms with Crippen molar-refractivity contribution < 1.29 is 17.6 Å². The van der Waals surface area contributed by atoms with Crippen LogP contribution in [-0.2, 0) is 14.8 Å². The van der Waals surface area contributed by atoms with Crippen LogP contribution < -0.4 is 9.62 Å². The third kappa shape index (κ3) is 2.07. The van der Waals surface area contributed by atoms with Gasteiger partial charge in [0.05, 0.1) is 5.69 Å². The lowest BCUT2D eigenvalue weighted by atomic mass is 10.2. The van der Waals surface area contributed by atoms with Crippen molar-refractivity contribution >= 4 is 27.4 Å². The van der Waals surface area contributed by atoms with E-state index in [9.17, 15) is 13.2 Å². The molecule has 1 aliphatic rings. The number of anilines is 2. The molecule has 1 aliphatic heterocycles. The Balaban J connectivity index is 2.21. The molecule has 7 nitrogen and oxygen atoms in total. The van der Waals surface area contributed by atoms with E-state index in [1.165, 1.54) is 19.2 Å². The fourth-order valence-corrected chi connectivity index (χ4v) is 4.31. The molecule has 3 heterocycles. The van der Waals surface area contributed by atoms with Crippen LogP contribution in [0.3, 0.4) is 0 Å². The van der Waals surface area contributed by atoms with Gasteiger partial charge in [0.2, 0.25) is 5.91 Å². The van der Waals surface area contributed by atoms with E-state index < -0.39 is 22.0 Å². The number of nitrogens with zero attached hydrogens (tertiary/aromatic N) is 2. The van der Waals surface area contributed by atoms with Crippen LogP contribution in [0.4, 0.5) is 11.5 Å². The molecule has 0 bridgehead atoms. The van der Waals surface area contributed by atoms with E-state index in [-0.39, 0.29) is 16.5 Å². The van der Waals surface area contributed by atoms with Crippen LogP contribution in [0, 0.1) is 13.8 Å². The predicted octanol–water partition coefficient (Wildman–Crippen LogP) is 1.83. The Bertz CT molecular complexity index is 857. The number of carbonyl (C=O) groups excluding carboxylic acids is 1. The molecule has 0 unspecified atom stereocenters. The molecule has 22 heavy (non-hydrogen) atoms. The van der Waals surface area contributed by atoms with Crippen molar-refractivity contribution in [2.75, 3.05) is 9.62 Å². The van der Waals surface area contributed by atoms with Crippen molar-refractivity contribution in [2.24, 2.45) is 0 Å². The van der Waals surface area contributed by atoms with E-state index in [0.717, 1.165) is 4.31 Å². The molecule has 0 saturated carbocycles. The van der Waals surface area contributed by atoms with E-state index in [2.05, 4.69) is 10.3 Å². The Hall–Kier alpha value is -2.35. The van der Waals surface area contributed by atoms with Crippen LogP contribution in [0.5, 0.6) is 0 Å². The molecular weight excluding hydrogens is 306 g/mol. The highest BCUT2D eigenvalue weighted by molar-refractivity contribution is 7.93. The lowest BCUT2D eigenvalue weighted by Crippen LogP contribution is -2.49. The van der Waals surface area contributed by atoms with Crippen LogP contribution in [0.25, 0.3) is 0 Å². The van der Waals surface area contributed by atoms with Gasteiger partial charge in [0.25, 0.3) is 10.0 Å². The summed E-state index contributed by atoms with van der Waals surface area (Å²) < 4.78 is 32.3. The first kappa shape index (κ1) is 14.6. The van der Waals surface area contributed by atoms with E-state index >= 15 is 0 Å². The number of pyridine rings is 1. The number of amides is 1. The number of hydrogen-bond donors (Lipinski definition) is 1. The van der Waals surface area contributed by atoms with Crippen molar-refractivity contribution in [3.63, 3.8) is 0 Å². The highest BCUT2D eigenvalue weighted by Gasteiger charge is 2.40. The Morgan fingerprint density at radius 2 is 2.09 bits per heavy atom. The average molecular weight is 321 g/mol. The molecule has 0 aliphatic carbocycles. The minimum atomic E-state index is -3.95. The topological polar surface area (TPSA) is 92.5 Å². The van der Waals surface area contributed by atoms with Gasteiger partial charge in [-0.15, -0.1) is 0 Å². The fourth-order valence-electron chi connectivity index (χ4n) is 2.49. The first-order chi connectivity index (χ1) is 10.3. The Labute approximate surface area is 128 Å². The number of fused-ring (bicyclic) bond motifs is 1. The molecule has 1 amide bonds. The molecule has 1 N–H and O–H groups in total. The maximum absolute atomic E-state index is 13.0. The highest BCUT2D eigenvalue weighted by Crippen LogP contribution is 2.35. The van der Waals surface area contributed by atoms with Gasteiger partial charge in [0.15, 0.2) is 5.82 Å². The zero-order valence-corrected chi connectivity index (χ0v) is 13.1. The van der Waals surface area contributed by atoms with Gasteiger partial charge >= 0.3 is 0 Å². The molecule has 3 rings (SSSR count). The molecule has 116 valence electrons. The molecular formula is C14H15N3O4S. The minimum Gasteiger partial charge on any atom is -0.465 e. The number of furan rings is 1. The largest absolute Gasteiger partial charge is 0.465 e. The molecule has 0 saturated heterocycles. The van der Waals surface area contributed by atoms with Crippen molar-refractivity contribution in [1.29, 1.82) is 0 Å². The number of aryl methyl sites for hydroxylation is 2. The SMILES string of the molecule is Cc1cc(S(=O)(=O)N2c3ncccc3NC(=O)[C@H]2C)c(C)o1. The number of sulfonamides is 1.